The Bertz CT molecular complexity index is 310. The van der Waals surface area contributed by atoms with Crippen LogP contribution >= 0.6 is 11.6 Å². The van der Waals surface area contributed by atoms with Gasteiger partial charge in [-0.1, -0.05) is 29.8 Å². The molecule has 70 valence electrons. The molecule has 0 saturated heterocycles. The minimum absolute atomic E-state index is 0.428. The van der Waals surface area contributed by atoms with Crippen molar-refractivity contribution in [2.24, 2.45) is 0 Å². The quantitative estimate of drug-likeness (QED) is 0.757. The molecular weight excluding hydrogens is 188 g/mol. The fraction of sp³-hybridized carbons (Fsp3) is 0.200. The molecule has 0 aliphatic heterocycles. The fourth-order valence-electron chi connectivity index (χ4n) is 1.04. The van der Waals surface area contributed by atoms with Crippen LogP contribution in [-0.4, -0.2) is 12.2 Å². The van der Waals surface area contributed by atoms with Crippen molar-refractivity contribution in [2.45, 2.75) is 6.10 Å². The maximum absolute atomic E-state index is 9.47. The molecule has 0 heterocycles. The zero-order valence-corrected chi connectivity index (χ0v) is 8.08. The van der Waals surface area contributed by atoms with Gasteiger partial charge >= 0.3 is 0 Å². The Morgan fingerprint density at radius 3 is 2.85 bits per heavy atom. The Kier molecular flexibility index (Phi) is 3.34. The maximum Gasteiger partial charge on any atom is 0.137 e. The van der Waals surface area contributed by atoms with E-state index >= 15 is 0 Å². The van der Waals surface area contributed by atoms with E-state index in [2.05, 4.69) is 6.58 Å². The molecule has 1 unspecified atom stereocenters. The lowest BCUT2D eigenvalue weighted by atomic mass is 10.1. The summed E-state index contributed by atoms with van der Waals surface area (Å²) in [7, 11) is 1.53. The SMILES string of the molecule is C=CC(O)c1cccc(OC)c1Cl. The summed E-state index contributed by atoms with van der Waals surface area (Å²) in [6, 6.07) is 5.24. The zero-order valence-electron chi connectivity index (χ0n) is 7.33. The molecule has 1 rings (SSSR count). The summed E-state index contributed by atoms with van der Waals surface area (Å²) in [5, 5.41) is 9.90. The average Bonchev–Trinajstić information content (AvgIpc) is 2.17. The Labute approximate surface area is 82.4 Å². The van der Waals surface area contributed by atoms with Crippen molar-refractivity contribution < 1.29 is 9.84 Å². The number of benzene rings is 1. The molecule has 0 spiro atoms. The van der Waals surface area contributed by atoms with Crippen molar-refractivity contribution >= 4 is 11.6 Å². The van der Waals surface area contributed by atoms with E-state index in [0.29, 0.717) is 16.3 Å². The second-order valence-electron chi connectivity index (χ2n) is 2.54. The lowest BCUT2D eigenvalue weighted by Crippen LogP contribution is -1.95. The largest absolute Gasteiger partial charge is 0.495 e. The van der Waals surface area contributed by atoms with Crippen LogP contribution in [0.3, 0.4) is 0 Å². The van der Waals surface area contributed by atoms with Crippen LogP contribution in [0.5, 0.6) is 5.75 Å². The van der Waals surface area contributed by atoms with E-state index in [9.17, 15) is 5.11 Å². The van der Waals surface area contributed by atoms with Crippen molar-refractivity contribution in [3.63, 3.8) is 0 Å². The minimum Gasteiger partial charge on any atom is -0.495 e. The second kappa shape index (κ2) is 4.30. The normalized spacial score (nSPS) is 12.2. The van der Waals surface area contributed by atoms with Gasteiger partial charge in [-0.15, -0.1) is 6.58 Å². The van der Waals surface area contributed by atoms with Crippen molar-refractivity contribution in [2.75, 3.05) is 7.11 Å². The molecule has 1 atom stereocenters. The maximum atomic E-state index is 9.47. The van der Waals surface area contributed by atoms with E-state index in [0.717, 1.165) is 0 Å². The first kappa shape index (κ1) is 10.1. The van der Waals surface area contributed by atoms with Crippen molar-refractivity contribution in [3.05, 3.63) is 41.4 Å². The summed E-state index contributed by atoms with van der Waals surface area (Å²) < 4.78 is 5.00. The molecule has 3 heteroatoms. The summed E-state index contributed by atoms with van der Waals surface area (Å²) in [5.74, 6) is 0.556. The van der Waals surface area contributed by atoms with E-state index in [1.54, 1.807) is 18.2 Å². The predicted octanol–water partition coefficient (Wildman–Crippen LogP) is 2.57. The Balaban J connectivity index is 3.14. The van der Waals surface area contributed by atoms with Gasteiger partial charge in [0.25, 0.3) is 0 Å². The smallest absolute Gasteiger partial charge is 0.137 e. The van der Waals surface area contributed by atoms with Gasteiger partial charge in [0, 0.05) is 5.56 Å². The summed E-state index contributed by atoms with van der Waals surface area (Å²) in [5.41, 5.74) is 0.607. The fourth-order valence-corrected chi connectivity index (χ4v) is 1.36. The lowest BCUT2D eigenvalue weighted by molar-refractivity contribution is 0.228. The van der Waals surface area contributed by atoms with Gasteiger partial charge in [0.15, 0.2) is 0 Å². The summed E-state index contributed by atoms with van der Waals surface area (Å²) in [6.45, 7) is 3.48. The van der Waals surface area contributed by atoms with E-state index < -0.39 is 6.10 Å². The monoisotopic (exact) mass is 198 g/mol. The van der Waals surface area contributed by atoms with Gasteiger partial charge in [0.2, 0.25) is 0 Å². The first-order valence-electron chi connectivity index (χ1n) is 3.83. The van der Waals surface area contributed by atoms with Gasteiger partial charge in [-0.3, -0.25) is 0 Å². The van der Waals surface area contributed by atoms with Crippen molar-refractivity contribution in [1.82, 2.24) is 0 Å². The summed E-state index contributed by atoms with van der Waals surface area (Å²) in [6.07, 6.45) is 0.670. The van der Waals surface area contributed by atoms with E-state index in [-0.39, 0.29) is 0 Å². The molecule has 0 fully saturated rings. The number of ether oxygens (including phenoxy) is 1. The third kappa shape index (κ3) is 2.02. The highest BCUT2D eigenvalue weighted by molar-refractivity contribution is 6.32. The number of methoxy groups -OCH3 is 1. The van der Waals surface area contributed by atoms with Gasteiger partial charge in [-0.25, -0.2) is 0 Å². The van der Waals surface area contributed by atoms with Crippen LogP contribution < -0.4 is 4.74 Å². The average molecular weight is 199 g/mol. The van der Waals surface area contributed by atoms with Crippen LogP contribution in [0.1, 0.15) is 11.7 Å². The topological polar surface area (TPSA) is 29.5 Å². The number of hydrogen-bond donors (Lipinski definition) is 1. The highest BCUT2D eigenvalue weighted by Gasteiger charge is 2.10. The molecule has 1 N–H and O–H groups in total. The molecule has 2 nitrogen and oxygen atoms in total. The zero-order chi connectivity index (χ0) is 9.84. The van der Waals surface area contributed by atoms with Crippen LogP contribution in [0, 0.1) is 0 Å². The highest BCUT2D eigenvalue weighted by atomic mass is 35.5. The summed E-state index contributed by atoms with van der Waals surface area (Å²) in [4.78, 5) is 0. The van der Waals surface area contributed by atoms with Gasteiger partial charge in [0.1, 0.15) is 5.75 Å². The van der Waals surface area contributed by atoms with Gasteiger partial charge in [-0.05, 0) is 6.07 Å². The van der Waals surface area contributed by atoms with E-state index in [1.807, 2.05) is 0 Å². The minimum atomic E-state index is -0.748. The standard InChI is InChI=1S/C10H11ClO2/c1-3-8(12)7-5-4-6-9(13-2)10(7)11/h3-6,8,12H,1H2,2H3. The second-order valence-corrected chi connectivity index (χ2v) is 2.92. The van der Waals surface area contributed by atoms with Gasteiger partial charge in [0.05, 0.1) is 18.2 Å². The van der Waals surface area contributed by atoms with Crippen molar-refractivity contribution in [1.29, 1.82) is 0 Å². The molecule has 13 heavy (non-hydrogen) atoms. The molecule has 0 radical (unpaired) electrons. The molecular formula is C10H11ClO2. The molecule has 0 saturated carbocycles. The van der Waals surface area contributed by atoms with E-state index in [4.69, 9.17) is 16.3 Å². The molecule has 0 bridgehead atoms. The molecule has 0 aliphatic rings. The van der Waals surface area contributed by atoms with Crippen LogP contribution in [0.15, 0.2) is 30.9 Å². The van der Waals surface area contributed by atoms with Crippen molar-refractivity contribution in [3.8, 4) is 5.75 Å². The Morgan fingerprint density at radius 1 is 1.62 bits per heavy atom. The van der Waals surface area contributed by atoms with Gasteiger partial charge in [-0.2, -0.15) is 0 Å². The predicted molar refractivity (Wildman–Crippen MR) is 53.2 cm³/mol. The van der Waals surface area contributed by atoms with Crippen LogP contribution in [0.2, 0.25) is 5.02 Å². The Morgan fingerprint density at radius 2 is 2.31 bits per heavy atom. The third-order valence-corrected chi connectivity index (χ3v) is 2.16. The molecule has 1 aromatic rings. The number of halogens is 1. The first-order chi connectivity index (χ1) is 6.20. The highest BCUT2D eigenvalue weighted by Crippen LogP contribution is 2.31. The molecule has 0 aromatic heterocycles. The number of rotatable bonds is 3. The summed E-state index contributed by atoms with van der Waals surface area (Å²) >= 11 is 5.95. The van der Waals surface area contributed by atoms with Crippen LogP contribution in [-0.2, 0) is 0 Å². The molecule has 0 amide bonds. The van der Waals surface area contributed by atoms with E-state index in [1.165, 1.54) is 13.2 Å². The number of aliphatic hydroxyl groups is 1. The molecule has 0 aliphatic carbocycles. The first-order valence-corrected chi connectivity index (χ1v) is 4.21. The molecule has 1 aromatic carbocycles. The Hall–Kier alpha value is -0.990. The number of aliphatic hydroxyl groups excluding tert-OH is 1. The van der Waals surface area contributed by atoms with Crippen LogP contribution in [0.25, 0.3) is 0 Å². The van der Waals surface area contributed by atoms with Gasteiger partial charge < -0.3 is 9.84 Å². The van der Waals surface area contributed by atoms with Crippen LogP contribution in [0.4, 0.5) is 0 Å². The lowest BCUT2D eigenvalue weighted by Gasteiger charge is -2.10. The number of hydrogen-bond acceptors (Lipinski definition) is 2. The third-order valence-electron chi connectivity index (χ3n) is 1.75.